The van der Waals surface area contributed by atoms with Crippen molar-refractivity contribution in [1.29, 1.82) is 0 Å². The Labute approximate surface area is 93.2 Å². The number of nitrogens with zero attached hydrogens (tertiary/aromatic N) is 1. The molecule has 1 fully saturated rings. The molecule has 0 spiro atoms. The molecule has 1 saturated heterocycles. The van der Waals surface area contributed by atoms with Crippen molar-refractivity contribution in [1.82, 2.24) is 10.2 Å². The third-order valence-corrected chi connectivity index (χ3v) is 2.77. The molecule has 1 atom stereocenters. The number of carbonyl (C=O) groups excluding carboxylic acids is 1. The Balaban J connectivity index is 2.17. The summed E-state index contributed by atoms with van der Waals surface area (Å²) in [4.78, 5) is 13.9. The fraction of sp³-hybridized carbons (Fsp3) is 0.917. The first kappa shape index (κ1) is 12.5. The molecular weight excluding hydrogens is 188 g/mol. The van der Waals surface area contributed by atoms with Crippen LogP contribution in [0.25, 0.3) is 0 Å². The molecule has 88 valence electrons. The van der Waals surface area contributed by atoms with E-state index in [2.05, 4.69) is 38.0 Å². The van der Waals surface area contributed by atoms with E-state index in [0.717, 1.165) is 13.1 Å². The largest absolute Gasteiger partial charge is 0.356 e. The van der Waals surface area contributed by atoms with Crippen molar-refractivity contribution in [3.8, 4) is 0 Å². The van der Waals surface area contributed by atoms with Gasteiger partial charge in [-0.25, -0.2) is 0 Å². The van der Waals surface area contributed by atoms with Crippen LogP contribution in [0.2, 0.25) is 0 Å². The van der Waals surface area contributed by atoms with Crippen LogP contribution in [0.3, 0.4) is 0 Å². The predicted molar refractivity (Wildman–Crippen MR) is 62.7 cm³/mol. The Kier molecular flexibility index (Phi) is 4.14. The lowest BCUT2D eigenvalue weighted by Crippen LogP contribution is -2.32. The smallest absolute Gasteiger partial charge is 0.220 e. The molecule has 15 heavy (non-hydrogen) atoms. The molecule has 1 N–H and O–H groups in total. The van der Waals surface area contributed by atoms with Gasteiger partial charge >= 0.3 is 0 Å². The van der Waals surface area contributed by atoms with Crippen molar-refractivity contribution in [3.05, 3.63) is 0 Å². The Morgan fingerprint density at radius 2 is 2.13 bits per heavy atom. The Hall–Kier alpha value is -0.570. The van der Waals surface area contributed by atoms with Gasteiger partial charge in [-0.1, -0.05) is 20.8 Å². The lowest BCUT2D eigenvalue weighted by atomic mass is 9.92. The predicted octanol–water partition coefficient (Wildman–Crippen LogP) is 1.49. The van der Waals surface area contributed by atoms with Crippen LogP contribution < -0.4 is 5.32 Å². The third kappa shape index (κ3) is 5.17. The van der Waals surface area contributed by atoms with Crippen LogP contribution in [0.1, 0.15) is 33.6 Å². The third-order valence-electron chi connectivity index (χ3n) is 2.77. The Morgan fingerprint density at radius 3 is 2.60 bits per heavy atom. The van der Waals surface area contributed by atoms with E-state index in [-0.39, 0.29) is 11.3 Å². The van der Waals surface area contributed by atoms with Gasteiger partial charge in [0.1, 0.15) is 0 Å². The normalized spacial score (nSPS) is 23.1. The number of likely N-dealkylation sites (tertiary alicyclic amines) is 1. The highest BCUT2D eigenvalue weighted by Gasteiger charge is 2.21. The molecule has 1 heterocycles. The highest BCUT2D eigenvalue weighted by molar-refractivity contribution is 5.76. The molecule has 0 aromatic rings. The lowest BCUT2D eigenvalue weighted by molar-refractivity contribution is -0.122. The highest BCUT2D eigenvalue weighted by Crippen LogP contribution is 2.18. The number of hydrogen-bond donors (Lipinski definition) is 1. The second-order valence-electron chi connectivity index (χ2n) is 5.96. The van der Waals surface area contributed by atoms with Crippen LogP contribution in [0.5, 0.6) is 0 Å². The summed E-state index contributed by atoms with van der Waals surface area (Å²) in [5, 5.41) is 3.04. The van der Waals surface area contributed by atoms with E-state index in [1.54, 1.807) is 0 Å². The minimum Gasteiger partial charge on any atom is -0.356 e. The summed E-state index contributed by atoms with van der Waals surface area (Å²) < 4.78 is 0. The first-order chi connectivity index (χ1) is 6.87. The molecule has 1 aliphatic heterocycles. The topological polar surface area (TPSA) is 32.3 Å². The molecule has 0 aliphatic carbocycles. The van der Waals surface area contributed by atoms with Gasteiger partial charge in [0.25, 0.3) is 0 Å². The monoisotopic (exact) mass is 212 g/mol. The zero-order valence-electron chi connectivity index (χ0n) is 10.5. The number of carbonyl (C=O) groups is 1. The summed E-state index contributed by atoms with van der Waals surface area (Å²) in [7, 11) is 2.14. The summed E-state index contributed by atoms with van der Waals surface area (Å²) in [6, 6.07) is 0. The molecule has 0 aromatic heterocycles. The molecule has 3 heteroatoms. The molecule has 1 amide bonds. The van der Waals surface area contributed by atoms with Gasteiger partial charge in [0.05, 0.1) is 0 Å². The van der Waals surface area contributed by atoms with Crippen LogP contribution in [-0.4, -0.2) is 37.5 Å². The summed E-state index contributed by atoms with van der Waals surface area (Å²) in [6.45, 7) is 9.41. The second kappa shape index (κ2) is 4.97. The minimum absolute atomic E-state index is 0.0938. The molecule has 0 bridgehead atoms. The fourth-order valence-electron chi connectivity index (χ4n) is 2.00. The van der Waals surface area contributed by atoms with Crippen molar-refractivity contribution in [2.45, 2.75) is 33.6 Å². The van der Waals surface area contributed by atoms with E-state index in [9.17, 15) is 4.79 Å². The van der Waals surface area contributed by atoms with Crippen molar-refractivity contribution >= 4 is 5.91 Å². The maximum absolute atomic E-state index is 11.6. The number of amides is 1. The van der Waals surface area contributed by atoms with Crippen molar-refractivity contribution < 1.29 is 4.79 Å². The standard InChI is InChI=1S/C12H24N2O/c1-12(2,3)7-11(15)13-8-10-5-6-14(4)9-10/h10H,5-9H2,1-4H3,(H,13,15). The highest BCUT2D eigenvalue weighted by atomic mass is 16.1. The lowest BCUT2D eigenvalue weighted by Gasteiger charge is -2.18. The molecule has 1 rings (SSSR count). The van der Waals surface area contributed by atoms with Crippen molar-refractivity contribution in [2.75, 3.05) is 26.7 Å². The van der Waals surface area contributed by atoms with Gasteiger partial charge in [0.2, 0.25) is 5.91 Å². The molecule has 0 saturated carbocycles. The summed E-state index contributed by atoms with van der Waals surface area (Å²) in [5.74, 6) is 0.843. The van der Waals surface area contributed by atoms with Gasteiger partial charge in [-0.05, 0) is 31.3 Å². The molecule has 1 unspecified atom stereocenters. The van der Waals surface area contributed by atoms with Gasteiger partial charge in [-0.3, -0.25) is 4.79 Å². The van der Waals surface area contributed by atoms with Crippen LogP contribution in [0.15, 0.2) is 0 Å². The molecular formula is C12H24N2O. The average Bonchev–Trinajstić information content (AvgIpc) is 2.45. The quantitative estimate of drug-likeness (QED) is 0.768. The van der Waals surface area contributed by atoms with Crippen LogP contribution in [-0.2, 0) is 4.79 Å². The van der Waals surface area contributed by atoms with Gasteiger partial charge < -0.3 is 10.2 Å². The molecule has 3 nitrogen and oxygen atoms in total. The zero-order chi connectivity index (χ0) is 11.5. The van der Waals surface area contributed by atoms with E-state index < -0.39 is 0 Å². The van der Waals surface area contributed by atoms with E-state index in [1.807, 2.05) is 0 Å². The van der Waals surface area contributed by atoms with Gasteiger partial charge in [-0.15, -0.1) is 0 Å². The Bertz CT molecular complexity index is 220. The van der Waals surface area contributed by atoms with Crippen LogP contribution in [0, 0.1) is 11.3 Å². The van der Waals surface area contributed by atoms with Gasteiger partial charge in [0.15, 0.2) is 0 Å². The summed E-state index contributed by atoms with van der Waals surface area (Å²) in [5.41, 5.74) is 0.0938. The Morgan fingerprint density at radius 1 is 1.47 bits per heavy atom. The number of hydrogen-bond acceptors (Lipinski definition) is 2. The zero-order valence-corrected chi connectivity index (χ0v) is 10.5. The van der Waals surface area contributed by atoms with Crippen molar-refractivity contribution in [3.63, 3.8) is 0 Å². The molecule has 0 radical (unpaired) electrons. The maximum Gasteiger partial charge on any atom is 0.220 e. The van der Waals surface area contributed by atoms with E-state index >= 15 is 0 Å². The van der Waals surface area contributed by atoms with Crippen LogP contribution >= 0.6 is 0 Å². The second-order valence-corrected chi connectivity index (χ2v) is 5.96. The van der Waals surface area contributed by atoms with E-state index in [0.29, 0.717) is 12.3 Å². The van der Waals surface area contributed by atoms with Gasteiger partial charge in [0, 0.05) is 19.5 Å². The SMILES string of the molecule is CN1CCC(CNC(=O)CC(C)(C)C)C1. The fourth-order valence-corrected chi connectivity index (χ4v) is 2.00. The van der Waals surface area contributed by atoms with E-state index in [1.165, 1.54) is 13.0 Å². The van der Waals surface area contributed by atoms with Gasteiger partial charge in [-0.2, -0.15) is 0 Å². The average molecular weight is 212 g/mol. The van der Waals surface area contributed by atoms with Crippen molar-refractivity contribution in [2.24, 2.45) is 11.3 Å². The van der Waals surface area contributed by atoms with E-state index in [4.69, 9.17) is 0 Å². The summed E-state index contributed by atoms with van der Waals surface area (Å²) >= 11 is 0. The number of nitrogens with one attached hydrogen (secondary N) is 1. The molecule has 1 aliphatic rings. The molecule has 0 aromatic carbocycles. The van der Waals surface area contributed by atoms with Crippen LogP contribution in [0.4, 0.5) is 0 Å². The number of rotatable bonds is 3. The first-order valence-corrected chi connectivity index (χ1v) is 5.82. The summed E-state index contributed by atoms with van der Waals surface area (Å²) in [6.07, 6.45) is 1.84. The first-order valence-electron chi connectivity index (χ1n) is 5.82. The maximum atomic E-state index is 11.6. The minimum atomic E-state index is 0.0938.